The van der Waals surface area contributed by atoms with Crippen molar-refractivity contribution in [2.75, 3.05) is 17.3 Å². The normalized spacial score (nSPS) is 20.3. The largest absolute Gasteiger partial charge is 0.508 e. The molecule has 2 rings (SSSR count). The van der Waals surface area contributed by atoms with E-state index in [4.69, 9.17) is 0 Å². The molecule has 2 N–H and O–H groups in total. The third-order valence-corrected chi connectivity index (χ3v) is 2.58. The highest BCUT2D eigenvalue weighted by Gasteiger charge is 2.26. The number of rotatable bonds is 0. The summed E-state index contributed by atoms with van der Waals surface area (Å²) in [5.41, 5.74) is 1.59. The Morgan fingerprint density at radius 1 is 1.50 bits per heavy atom. The number of aromatic hydroxyl groups is 1. The average molecular weight is 192 g/mol. The third kappa shape index (κ3) is 1.19. The fourth-order valence-corrected chi connectivity index (χ4v) is 1.55. The number of nitrogens with zero attached hydrogens (tertiary/aromatic N) is 1. The molecule has 1 amide bonds. The summed E-state index contributed by atoms with van der Waals surface area (Å²) in [5.74, 6) is 0.109. The Balaban J connectivity index is 2.50. The molecule has 0 aliphatic carbocycles. The lowest BCUT2D eigenvalue weighted by Gasteiger charge is -2.32. The molecule has 1 heterocycles. The maximum atomic E-state index is 11.4. The van der Waals surface area contributed by atoms with Gasteiger partial charge in [0.05, 0.1) is 11.4 Å². The van der Waals surface area contributed by atoms with Gasteiger partial charge in [0.15, 0.2) is 0 Å². The van der Waals surface area contributed by atoms with Crippen molar-refractivity contribution < 1.29 is 9.90 Å². The van der Waals surface area contributed by atoms with Gasteiger partial charge in [-0.1, -0.05) is 0 Å². The topological polar surface area (TPSA) is 52.6 Å². The van der Waals surface area contributed by atoms with Gasteiger partial charge < -0.3 is 15.3 Å². The van der Waals surface area contributed by atoms with E-state index < -0.39 is 0 Å². The quantitative estimate of drug-likeness (QED) is 0.648. The van der Waals surface area contributed by atoms with Crippen LogP contribution in [0.2, 0.25) is 0 Å². The molecule has 1 aromatic carbocycles. The first-order chi connectivity index (χ1) is 6.59. The van der Waals surface area contributed by atoms with Crippen LogP contribution in [0.5, 0.6) is 5.75 Å². The molecule has 0 saturated heterocycles. The van der Waals surface area contributed by atoms with Crippen molar-refractivity contribution in [3.63, 3.8) is 0 Å². The maximum absolute atomic E-state index is 11.4. The van der Waals surface area contributed by atoms with Crippen LogP contribution in [0.15, 0.2) is 18.2 Å². The van der Waals surface area contributed by atoms with Crippen molar-refractivity contribution in [3.8, 4) is 5.75 Å². The molecular weight excluding hydrogens is 180 g/mol. The van der Waals surface area contributed by atoms with Gasteiger partial charge in [0.25, 0.3) is 0 Å². The molecule has 4 nitrogen and oxygen atoms in total. The Morgan fingerprint density at radius 3 is 2.93 bits per heavy atom. The standard InChI is InChI=1S/C10H12N2O2/c1-6-10(14)11-8-5-7(13)3-4-9(8)12(6)2/h3-6,13H,1-2H3,(H,11,14). The molecule has 0 radical (unpaired) electrons. The summed E-state index contributed by atoms with van der Waals surface area (Å²) >= 11 is 0. The molecule has 1 aliphatic rings. The molecule has 0 aromatic heterocycles. The first-order valence-electron chi connectivity index (χ1n) is 4.46. The number of nitrogens with one attached hydrogen (secondary N) is 1. The van der Waals surface area contributed by atoms with Gasteiger partial charge in [-0.2, -0.15) is 0 Å². The number of carbonyl (C=O) groups excluding carboxylic acids is 1. The van der Waals surface area contributed by atoms with E-state index >= 15 is 0 Å². The number of anilines is 2. The average Bonchev–Trinajstić information content (AvgIpc) is 2.14. The molecule has 4 heteroatoms. The van der Waals surface area contributed by atoms with Crippen molar-refractivity contribution in [2.45, 2.75) is 13.0 Å². The Morgan fingerprint density at radius 2 is 2.21 bits per heavy atom. The van der Waals surface area contributed by atoms with Crippen LogP contribution in [-0.2, 0) is 4.79 Å². The van der Waals surface area contributed by atoms with E-state index in [0.29, 0.717) is 5.69 Å². The SMILES string of the molecule is CC1C(=O)Nc2cc(O)ccc2N1C. The van der Waals surface area contributed by atoms with Gasteiger partial charge in [0.2, 0.25) is 5.91 Å². The fraction of sp³-hybridized carbons (Fsp3) is 0.300. The summed E-state index contributed by atoms with van der Waals surface area (Å²) in [6.45, 7) is 1.84. The molecular formula is C10H12N2O2. The van der Waals surface area contributed by atoms with E-state index in [9.17, 15) is 9.90 Å². The Hall–Kier alpha value is -1.71. The number of fused-ring (bicyclic) bond motifs is 1. The lowest BCUT2D eigenvalue weighted by atomic mass is 10.1. The zero-order valence-electron chi connectivity index (χ0n) is 8.11. The van der Waals surface area contributed by atoms with Crippen LogP contribution in [0.3, 0.4) is 0 Å². The van der Waals surface area contributed by atoms with Gasteiger partial charge in [0, 0.05) is 13.1 Å². The van der Waals surface area contributed by atoms with Crippen LogP contribution in [0.4, 0.5) is 11.4 Å². The van der Waals surface area contributed by atoms with Gasteiger partial charge >= 0.3 is 0 Å². The summed E-state index contributed by atoms with van der Waals surface area (Å²) in [5, 5.41) is 12.0. The van der Waals surface area contributed by atoms with Crippen LogP contribution < -0.4 is 10.2 Å². The van der Waals surface area contributed by atoms with Crippen molar-refractivity contribution >= 4 is 17.3 Å². The van der Waals surface area contributed by atoms with Crippen molar-refractivity contribution in [1.82, 2.24) is 0 Å². The van der Waals surface area contributed by atoms with Gasteiger partial charge in [-0.05, 0) is 19.1 Å². The first kappa shape index (κ1) is 8.87. The third-order valence-electron chi connectivity index (χ3n) is 2.58. The second kappa shape index (κ2) is 2.90. The number of phenols is 1. The van der Waals surface area contributed by atoms with Crippen LogP contribution in [0.25, 0.3) is 0 Å². The summed E-state index contributed by atoms with van der Waals surface area (Å²) in [7, 11) is 1.86. The highest BCUT2D eigenvalue weighted by molar-refractivity contribution is 6.03. The van der Waals surface area contributed by atoms with Gasteiger partial charge in [-0.15, -0.1) is 0 Å². The molecule has 14 heavy (non-hydrogen) atoms. The maximum Gasteiger partial charge on any atom is 0.246 e. The zero-order valence-corrected chi connectivity index (χ0v) is 8.11. The zero-order chi connectivity index (χ0) is 10.3. The van der Waals surface area contributed by atoms with E-state index in [1.165, 1.54) is 0 Å². The second-order valence-corrected chi connectivity index (χ2v) is 3.48. The number of carbonyl (C=O) groups is 1. The second-order valence-electron chi connectivity index (χ2n) is 3.48. The lowest BCUT2D eigenvalue weighted by Crippen LogP contribution is -2.43. The highest BCUT2D eigenvalue weighted by atomic mass is 16.3. The number of amides is 1. The van der Waals surface area contributed by atoms with Crippen molar-refractivity contribution in [2.24, 2.45) is 0 Å². The van der Waals surface area contributed by atoms with E-state index in [1.807, 2.05) is 18.9 Å². The summed E-state index contributed by atoms with van der Waals surface area (Å²) < 4.78 is 0. The van der Waals surface area contributed by atoms with Crippen LogP contribution in [0, 0.1) is 0 Å². The first-order valence-corrected chi connectivity index (χ1v) is 4.46. The van der Waals surface area contributed by atoms with Crippen molar-refractivity contribution in [1.29, 1.82) is 0 Å². The lowest BCUT2D eigenvalue weighted by molar-refractivity contribution is -0.117. The van der Waals surface area contributed by atoms with Gasteiger partial charge in [-0.3, -0.25) is 4.79 Å². The minimum atomic E-state index is -0.174. The van der Waals surface area contributed by atoms with E-state index in [-0.39, 0.29) is 17.7 Å². The summed E-state index contributed by atoms with van der Waals surface area (Å²) in [6, 6.07) is 4.78. The molecule has 1 atom stereocenters. The fourth-order valence-electron chi connectivity index (χ4n) is 1.55. The summed E-state index contributed by atoms with van der Waals surface area (Å²) in [4.78, 5) is 13.3. The molecule has 74 valence electrons. The number of hydrogen-bond acceptors (Lipinski definition) is 3. The minimum absolute atomic E-state index is 0.0504. The molecule has 0 saturated carbocycles. The molecule has 0 spiro atoms. The van der Waals surface area contributed by atoms with Gasteiger partial charge in [-0.25, -0.2) is 0 Å². The molecule has 1 aliphatic heterocycles. The van der Waals surface area contributed by atoms with Crippen molar-refractivity contribution in [3.05, 3.63) is 18.2 Å². The number of benzene rings is 1. The molecule has 1 aromatic rings. The van der Waals surface area contributed by atoms with E-state index in [0.717, 1.165) is 5.69 Å². The monoisotopic (exact) mass is 192 g/mol. The predicted molar refractivity (Wildman–Crippen MR) is 54.6 cm³/mol. The van der Waals surface area contributed by atoms with Crippen LogP contribution >= 0.6 is 0 Å². The molecule has 1 unspecified atom stereocenters. The van der Waals surface area contributed by atoms with E-state index in [1.54, 1.807) is 18.2 Å². The smallest absolute Gasteiger partial charge is 0.246 e. The Kier molecular flexibility index (Phi) is 1.84. The predicted octanol–water partition coefficient (Wildman–Crippen LogP) is 1.17. The Bertz CT molecular complexity index is 390. The van der Waals surface area contributed by atoms with Crippen LogP contribution in [-0.4, -0.2) is 24.1 Å². The number of phenolic OH excluding ortho intramolecular Hbond substituents is 1. The number of hydrogen-bond donors (Lipinski definition) is 2. The molecule has 0 fully saturated rings. The van der Waals surface area contributed by atoms with Gasteiger partial charge in [0.1, 0.15) is 11.8 Å². The minimum Gasteiger partial charge on any atom is -0.508 e. The Labute approximate surface area is 82.2 Å². The van der Waals surface area contributed by atoms with Crippen LogP contribution in [0.1, 0.15) is 6.92 Å². The molecule has 0 bridgehead atoms. The number of likely N-dealkylation sites (N-methyl/N-ethyl adjacent to an activating group) is 1. The highest BCUT2D eigenvalue weighted by Crippen LogP contribution is 2.33. The summed E-state index contributed by atoms with van der Waals surface area (Å²) in [6.07, 6.45) is 0. The van der Waals surface area contributed by atoms with E-state index in [2.05, 4.69) is 5.32 Å².